The van der Waals surface area contributed by atoms with Crippen LogP contribution in [0.15, 0.2) is 22.6 Å². The third-order valence-electron chi connectivity index (χ3n) is 3.43. The summed E-state index contributed by atoms with van der Waals surface area (Å²) in [4.78, 5) is 30.1. The van der Waals surface area contributed by atoms with Crippen molar-refractivity contribution in [3.8, 4) is 10.6 Å². The lowest BCUT2D eigenvalue weighted by molar-refractivity contribution is -0.130. The van der Waals surface area contributed by atoms with Crippen LogP contribution in [0.1, 0.15) is 22.7 Å². The summed E-state index contributed by atoms with van der Waals surface area (Å²) >= 11 is 3.24. The number of hydrogen-bond acceptors (Lipinski definition) is 6. The van der Waals surface area contributed by atoms with Crippen molar-refractivity contribution in [1.82, 2.24) is 15.3 Å². The number of rotatable bonds is 4. The Morgan fingerprint density at radius 2 is 2.22 bits per heavy atom. The highest BCUT2D eigenvalue weighted by Gasteiger charge is 2.21. The summed E-state index contributed by atoms with van der Waals surface area (Å²) in [5.74, 6) is -0.285. The third kappa shape index (κ3) is 3.65. The minimum Gasteiger partial charge on any atom is -0.346 e. The third-order valence-corrected chi connectivity index (χ3v) is 5.31. The van der Waals surface area contributed by atoms with Crippen LogP contribution in [0.3, 0.4) is 0 Å². The Labute approximate surface area is 141 Å². The van der Waals surface area contributed by atoms with E-state index >= 15 is 0 Å². The predicted molar refractivity (Wildman–Crippen MR) is 91.4 cm³/mol. The number of nitrogens with one attached hydrogen (secondary N) is 1. The van der Waals surface area contributed by atoms with Gasteiger partial charge in [-0.05, 0) is 19.1 Å². The predicted octanol–water partition coefficient (Wildman–Crippen LogP) is 2.40. The van der Waals surface area contributed by atoms with Gasteiger partial charge in [0.1, 0.15) is 5.71 Å². The number of hydrogen-bond donors (Lipinski definition) is 1. The van der Waals surface area contributed by atoms with Gasteiger partial charge < -0.3 is 5.32 Å². The van der Waals surface area contributed by atoms with Gasteiger partial charge in [0.05, 0.1) is 22.1 Å². The average molecular weight is 348 g/mol. The Bertz CT molecular complexity index is 778. The van der Waals surface area contributed by atoms with E-state index in [2.05, 4.69) is 15.4 Å². The standard InChI is InChI=1S/C15H16N4O2S2/c1-9-17-12(8-22-9)13-5-3-10(23-13)7-16-15(21)11-4-6-14(20)19(2)18-11/h3,5,8H,4,6-7H2,1-2H3,(H,16,21). The molecule has 2 amide bonds. The number of nitrogens with zero attached hydrogens (tertiary/aromatic N) is 3. The first-order valence-corrected chi connectivity index (χ1v) is 8.86. The molecule has 3 rings (SSSR count). The maximum absolute atomic E-state index is 12.1. The fourth-order valence-corrected chi connectivity index (χ4v) is 3.79. The Hall–Kier alpha value is -2.06. The molecule has 1 aliphatic heterocycles. The van der Waals surface area contributed by atoms with E-state index in [1.807, 2.05) is 24.4 Å². The number of carbonyl (C=O) groups is 2. The summed E-state index contributed by atoms with van der Waals surface area (Å²) in [5.41, 5.74) is 1.38. The number of carbonyl (C=O) groups excluding carboxylic acids is 2. The molecule has 0 unspecified atom stereocenters. The van der Waals surface area contributed by atoms with Gasteiger partial charge in [-0.25, -0.2) is 9.99 Å². The first kappa shape index (κ1) is 15.8. The van der Waals surface area contributed by atoms with Crippen molar-refractivity contribution in [1.29, 1.82) is 0 Å². The highest BCUT2D eigenvalue weighted by atomic mass is 32.1. The van der Waals surface area contributed by atoms with Crippen LogP contribution in [0.5, 0.6) is 0 Å². The number of hydrazone groups is 1. The van der Waals surface area contributed by atoms with Crippen molar-refractivity contribution in [3.05, 3.63) is 27.4 Å². The van der Waals surface area contributed by atoms with E-state index in [-0.39, 0.29) is 11.8 Å². The van der Waals surface area contributed by atoms with E-state index in [1.54, 1.807) is 29.7 Å². The Morgan fingerprint density at radius 3 is 2.91 bits per heavy atom. The molecule has 0 bridgehead atoms. The second-order valence-electron chi connectivity index (χ2n) is 5.16. The fraction of sp³-hybridized carbons (Fsp3) is 0.333. The Balaban J connectivity index is 1.61. The fourth-order valence-electron chi connectivity index (χ4n) is 2.19. The molecule has 0 saturated carbocycles. The Kier molecular flexibility index (Phi) is 4.53. The van der Waals surface area contributed by atoms with Gasteiger partial charge in [-0.15, -0.1) is 22.7 Å². The van der Waals surface area contributed by atoms with Crippen molar-refractivity contribution >= 4 is 40.2 Å². The molecule has 3 heterocycles. The van der Waals surface area contributed by atoms with Gasteiger partial charge in [0.25, 0.3) is 5.91 Å². The lowest BCUT2D eigenvalue weighted by Crippen LogP contribution is -2.37. The zero-order valence-corrected chi connectivity index (χ0v) is 14.5. The van der Waals surface area contributed by atoms with Gasteiger partial charge in [0.2, 0.25) is 5.91 Å². The number of thiophene rings is 1. The van der Waals surface area contributed by atoms with E-state index in [1.165, 1.54) is 5.01 Å². The van der Waals surface area contributed by atoms with E-state index in [0.29, 0.717) is 25.1 Å². The molecule has 23 heavy (non-hydrogen) atoms. The smallest absolute Gasteiger partial charge is 0.267 e. The summed E-state index contributed by atoms with van der Waals surface area (Å²) in [5, 5.41) is 11.2. The summed E-state index contributed by atoms with van der Waals surface area (Å²) in [6, 6.07) is 4.01. The number of aryl methyl sites for hydroxylation is 1. The molecule has 2 aromatic rings. The number of aromatic nitrogens is 1. The number of amides is 2. The van der Waals surface area contributed by atoms with Crippen LogP contribution >= 0.6 is 22.7 Å². The van der Waals surface area contributed by atoms with Crippen molar-refractivity contribution in [3.63, 3.8) is 0 Å². The first-order valence-electron chi connectivity index (χ1n) is 7.16. The maximum atomic E-state index is 12.1. The van der Waals surface area contributed by atoms with Crippen LogP contribution in [0.2, 0.25) is 0 Å². The summed E-state index contributed by atoms with van der Waals surface area (Å²) in [7, 11) is 1.57. The molecular weight excluding hydrogens is 332 g/mol. The number of thiazole rings is 1. The minimum absolute atomic E-state index is 0.0667. The van der Waals surface area contributed by atoms with Crippen LogP contribution < -0.4 is 5.32 Å². The normalized spacial score (nSPS) is 14.8. The lowest BCUT2D eigenvalue weighted by Gasteiger charge is -2.18. The van der Waals surface area contributed by atoms with Crippen LogP contribution in [0.25, 0.3) is 10.6 Å². The quantitative estimate of drug-likeness (QED) is 0.922. The van der Waals surface area contributed by atoms with Crippen LogP contribution in [-0.4, -0.2) is 34.6 Å². The van der Waals surface area contributed by atoms with Crippen molar-refractivity contribution in [2.24, 2.45) is 5.10 Å². The van der Waals surface area contributed by atoms with E-state index < -0.39 is 0 Å². The second kappa shape index (κ2) is 6.59. The average Bonchev–Trinajstić information content (AvgIpc) is 3.16. The molecule has 6 nitrogen and oxygen atoms in total. The van der Waals surface area contributed by atoms with Gasteiger partial charge in [0.15, 0.2) is 0 Å². The van der Waals surface area contributed by atoms with E-state index in [9.17, 15) is 9.59 Å². The molecule has 0 aliphatic carbocycles. The molecule has 120 valence electrons. The molecule has 8 heteroatoms. The maximum Gasteiger partial charge on any atom is 0.267 e. The zero-order valence-electron chi connectivity index (χ0n) is 12.8. The van der Waals surface area contributed by atoms with Crippen LogP contribution in [-0.2, 0) is 16.1 Å². The van der Waals surface area contributed by atoms with Crippen LogP contribution in [0, 0.1) is 6.92 Å². The molecule has 0 atom stereocenters. The monoisotopic (exact) mass is 348 g/mol. The van der Waals surface area contributed by atoms with Crippen LogP contribution in [0.4, 0.5) is 0 Å². The zero-order chi connectivity index (χ0) is 16.4. The highest BCUT2D eigenvalue weighted by Crippen LogP contribution is 2.28. The summed E-state index contributed by atoms with van der Waals surface area (Å²) < 4.78 is 0. The van der Waals surface area contributed by atoms with E-state index in [0.717, 1.165) is 20.5 Å². The lowest BCUT2D eigenvalue weighted by atomic mass is 10.1. The molecule has 0 radical (unpaired) electrons. The molecule has 0 aromatic carbocycles. The topological polar surface area (TPSA) is 74.7 Å². The second-order valence-corrected chi connectivity index (χ2v) is 7.39. The van der Waals surface area contributed by atoms with E-state index in [4.69, 9.17) is 0 Å². The van der Waals surface area contributed by atoms with Gasteiger partial charge >= 0.3 is 0 Å². The Morgan fingerprint density at radius 1 is 1.39 bits per heavy atom. The summed E-state index contributed by atoms with van der Waals surface area (Å²) in [6.07, 6.45) is 0.720. The van der Waals surface area contributed by atoms with Crippen molar-refractivity contribution < 1.29 is 9.59 Å². The van der Waals surface area contributed by atoms with Crippen molar-refractivity contribution in [2.75, 3.05) is 7.05 Å². The molecule has 0 fully saturated rings. The molecule has 0 spiro atoms. The van der Waals surface area contributed by atoms with Crippen molar-refractivity contribution in [2.45, 2.75) is 26.3 Å². The minimum atomic E-state index is -0.219. The summed E-state index contributed by atoms with van der Waals surface area (Å²) in [6.45, 7) is 2.43. The van der Waals surface area contributed by atoms with Gasteiger partial charge in [-0.3, -0.25) is 9.59 Å². The molecular formula is C15H16N4O2S2. The molecule has 2 aromatic heterocycles. The largest absolute Gasteiger partial charge is 0.346 e. The van der Waals surface area contributed by atoms with Gasteiger partial charge in [0, 0.05) is 30.1 Å². The first-order chi connectivity index (χ1) is 11.0. The molecule has 1 aliphatic rings. The van der Waals surface area contributed by atoms with Gasteiger partial charge in [-0.1, -0.05) is 0 Å². The highest BCUT2D eigenvalue weighted by molar-refractivity contribution is 7.16. The molecule has 1 N–H and O–H groups in total. The van der Waals surface area contributed by atoms with Gasteiger partial charge in [-0.2, -0.15) is 5.10 Å². The molecule has 0 saturated heterocycles. The SMILES string of the molecule is Cc1nc(-c2ccc(CNC(=O)C3=NN(C)C(=O)CC3)s2)cs1.